The van der Waals surface area contributed by atoms with E-state index in [4.69, 9.17) is 14.2 Å². The van der Waals surface area contributed by atoms with Crippen molar-refractivity contribution in [3.05, 3.63) is 101 Å². The van der Waals surface area contributed by atoms with E-state index in [1.54, 1.807) is 27.4 Å². The maximum atomic E-state index is 12.3. The highest BCUT2D eigenvalue weighted by Crippen LogP contribution is 2.38. The van der Waals surface area contributed by atoms with E-state index >= 15 is 0 Å². The third-order valence-electron chi connectivity index (χ3n) is 4.86. The molecule has 0 bridgehead atoms. The van der Waals surface area contributed by atoms with Crippen molar-refractivity contribution in [3.8, 4) is 17.2 Å². The van der Waals surface area contributed by atoms with Crippen LogP contribution in [0.3, 0.4) is 0 Å². The number of ether oxygens (including phenoxy) is 3. The van der Waals surface area contributed by atoms with Gasteiger partial charge in [-0.25, -0.2) is 0 Å². The Kier molecular flexibility index (Phi) is 7.66. The highest BCUT2D eigenvalue weighted by Gasteiger charge is 2.12. The second kappa shape index (κ2) is 10.8. The number of hydrogen-bond donors (Lipinski definition) is 0. The third kappa shape index (κ3) is 5.64. The average molecular weight is 415 g/mol. The molecule has 31 heavy (non-hydrogen) atoms. The molecule has 0 N–H and O–H groups in total. The fourth-order valence-electron chi connectivity index (χ4n) is 3.26. The van der Waals surface area contributed by atoms with Crippen molar-refractivity contribution in [2.45, 2.75) is 6.42 Å². The molecule has 0 heterocycles. The Morgan fingerprint density at radius 3 is 2.10 bits per heavy atom. The lowest BCUT2D eigenvalue weighted by atomic mass is 10.0. The molecule has 3 aromatic carbocycles. The van der Waals surface area contributed by atoms with Crippen LogP contribution in [0.4, 0.5) is 0 Å². The van der Waals surface area contributed by atoms with Gasteiger partial charge >= 0.3 is 0 Å². The van der Waals surface area contributed by atoms with Crippen LogP contribution < -0.4 is 14.2 Å². The largest absolute Gasteiger partial charge is 0.493 e. The van der Waals surface area contributed by atoms with Crippen molar-refractivity contribution in [1.29, 1.82) is 0 Å². The van der Waals surface area contributed by atoms with Crippen LogP contribution in [0.15, 0.2) is 78.9 Å². The quantitative estimate of drug-likeness (QED) is 0.250. The molecule has 0 saturated carbocycles. The second-order valence-corrected chi connectivity index (χ2v) is 6.83. The van der Waals surface area contributed by atoms with Crippen molar-refractivity contribution in [3.63, 3.8) is 0 Å². The lowest BCUT2D eigenvalue weighted by Crippen LogP contribution is -1.95. The van der Waals surface area contributed by atoms with E-state index in [1.165, 1.54) is 0 Å². The smallest absolute Gasteiger partial charge is 0.203 e. The van der Waals surface area contributed by atoms with Gasteiger partial charge in [0.1, 0.15) is 0 Å². The summed E-state index contributed by atoms with van der Waals surface area (Å²) in [6.07, 6.45) is 8.25. The predicted molar refractivity (Wildman–Crippen MR) is 125 cm³/mol. The highest BCUT2D eigenvalue weighted by molar-refractivity contribution is 6.04. The lowest BCUT2D eigenvalue weighted by Gasteiger charge is -2.13. The summed E-state index contributed by atoms with van der Waals surface area (Å²) in [5, 5.41) is 0. The minimum atomic E-state index is 0.00560. The minimum Gasteiger partial charge on any atom is -0.493 e. The topological polar surface area (TPSA) is 44.8 Å². The molecule has 3 aromatic rings. The first kappa shape index (κ1) is 21.9. The molecule has 4 nitrogen and oxygen atoms in total. The Labute approximate surface area is 183 Å². The van der Waals surface area contributed by atoms with Gasteiger partial charge in [0, 0.05) is 5.56 Å². The number of carbonyl (C=O) groups excluding carboxylic acids is 1. The van der Waals surface area contributed by atoms with Gasteiger partial charge in [-0.2, -0.15) is 0 Å². The normalized spacial score (nSPS) is 11.1. The summed E-state index contributed by atoms with van der Waals surface area (Å²) in [4.78, 5) is 12.3. The summed E-state index contributed by atoms with van der Waals surface area (Å²) < 4.78 is 16.2. The zero-order chi connectivity index (χ0) is 22.1. The van der Waals surface area contributed by atoms with Crippen LogP contribution in [-0.2, 0) is 6.42 Å². The van der Waals surface area contributed by atoms with Crippen molar-refractivity contribution in [2.24, 2.45) is 0 Å². The SMILES string of the molecule is COc1cc(/C=C\c2ccccc2C/C=C\C(=O)c2ccccc2)cc(OC)c1OC. The summed E-state index contributed by atoms with van der Waals surface area (Å²) >= 11 is 0. The predicted octanol–water partition coefficient (Wildman–Crippen LogP) is 5.86. The molecule has 4 heteroatoms. The van der Waals surface area contributed by atoms with Crippen LogP contribution in [0.5, 0.6) is 17.2 Å². The fraction of sp³-hybridized carbons (Fsp3) is 0.148. The van der Waals surface area contributed by atoms with Gasteiger partial charge in [0.15, 0.2) is 17.3 Å². The van der Waals surface area contributed by atoms with E-state index < -0.39 is 0 Å². The molecule has 0 radical (unpaired) electrons. The maximum absolute atomic E-state index is 12.3. The zero-order valence-electron chi connectivity index (χ0n) is 18.0. The summed E-state index contributed by atoms with van der Waals surface area (Å²) in [6.45, 7) is 0. The van der Waals surface area contributed by atoms with Gasteiger partial charge in [0.25, 0.3) is 0 Å². The number of carbonyl (C=O) groups is 1. The Bertz CT molecular complexity index is 1060. The molecule has 0 aliphatic heterocycles. The van der Waals surface area contributed by atoms with E-state index in [0.717, 1.165) is 16.7 Å². The highest BCUT2D eigenvalue weighted by atomic mass is 16.5. The Morgan fingerprint density at radius 2 is 1.45 bits per heavy atom. The van der Waals surface area contributed by atoms with Gasteiger partial charge in [-0.15, -0.1) is 0 Å². The Morgan fingerprint density at radius 1 is 0.806 bits per heavy atom. The Balaban J connectivity index is 1.78. The van der Waals surface area contributed by atoms with E-state index in [2.05, 4.69) is 12.1 Å². The van der Waals surface area contributed by atoms with Gasteiger partial charge in [-0.1, -0.05) is 72.8 Å². The molecule has 3 rings (SSSR count). The summed E-state index contributed by atoms with van der Waals surface area (Å²) in [7, 11) is 4.79. The number of rotatable bonds is 9. The molecule has 0 aromatic heterocycles. The van der Waals surface area contributed by atoms with E-state index in [0.29, 0.717) is 29.2 Å². The van der Waals surface area contributed by atoms with Crippen molar-refractivity contribution in [1.82, 2.24) is 0 Å². The number of ketones is 1. The summed E-state index contributed by atoms with van der Waals surface area (Å²) in [5.41, 5.74) is 3.82. The molecule has 0 fully saturated rings. The van der Waals surface area contributed by atoms with Crippen molar-refractivity contribution < 1.29 is 19.0 Å². The number of hydrogen-bond acceptors (Lipinski definition) is 4. The lowest BCUT2D eigenvalue weighted by molar-refractivity contribution is 0.104. The molecule has 0 unspecified atom stereocenters. The van der Waals surface area contributed by atoms with Crippen LogP contribution in [0, 0.1) is 0 Å². The van der Waals surface area contributed by atoms with Crippen LogP contribution in [-0.4, -0.2) is 27.1 Å². The monoisotopic (exact) mass is 414 g/mol. The summed E-state index contributed by atoms with van der Waals surface area (Å²) in [5.74, 6) is 1.79. The maximum Gasteiger partial charge on any atom is 0.203 e. The van der Waals surface area contributed by atoms with Crippen LogP contribution in [0.1, 0.15) is 27.0 Å². The Hall–Kier alpha value is -3.79. The van der Waals surface area contributed by atoms with Crippen molar-refractivity contribution in [2.75, 3.05) is 21.3 Å². The first-order valence-electron chi connectivity index (χ1n) is 9.98. The van der Waals surface area contributed by atoms with Gasteiger partial charge in [0.05, 0.1) is 21.3 Å². The fourth-order valence-corrected chi connectivity index (χ4v) is 3.26. The average Bonchev–Trinajstić information content (AvgIpc) is 2.83. The van der Waals surface area contributed by atoms with Crippen LogP contribution >= 0.6 is 0 Å². The molecule has 0 aliphatic carbocycles. The molecule has 158 valence electrons. The zero-order valence-corrected chi connectivity index (χ0v) is 18.0. The molecule has 0 saturated heterocycles. The first-order valence-corrected chi connectivity index (χ1v) is 9.98. The van der Waals surface area contributed by atoms with Crippen LogP contribution in [0.25, 0.3) is 12.2 Å². The molecule has 0 amide bonds. The number of benzene rings is 3. The summed E-state index contributed by atoms with van der Waals surface area (Å²) in [6, 6.07) is 21.2. The standard InChI is InChI=1S/C27H26O4/c1-29-25-18-20(19-26(30-2)27(25)31-3)16-17-22-11-8-7-10-21(22)14-9-15-24(28)23-12-5-4-6-13-23/h4-13,15-19H,14H2,1-3H3/b15-9-,17-16-. The van der Waals surface area contributed by atoms with Gasteiger partial charge in [-0.05, 0) is 41.3 Å². The van der Waals surface area contributed by atoms with Gasteiger partial charge in [0.2, 0.25) is 5.75 Å². The van der Waals surface area contributed by atoms with Gasteiger partial charge in [-0.3, -0.25) is 4.79 Å². The second-order valence-electron chi connectivity index (χ2n) is 6.83. The van der Waals surface area contributed by atoms with Gasteiger partial charge < -0.3 is 14.2 Å². The molecule has 0 spiro atoms. The first-order chi connectivity index (χ1) is 15.2. The van der Waals surface area contributed by atoms with E-state index in [1.807, 2.05) is 72.8 Å². The number of allylic oxidation sites excluding steroid dienone is 2. The van der Waals surface area contributed by atoms with Crippen LogP contribution in [0.2, 0.25) is 0 Å². The minimum absolute atomic E-state index is 0.00560. The third-order valence-corrected chi connectivity index (χ3v) is 4.86. The van der Waals surface area contributed by atoms with E-state index in [9.17, 15) is 4.79 Å². The van der Waals surface area contributed by atoms with Crippen molar-refractivity contribution >= 4 is 17.9 Å². The molecule has 0 atom stereocenters. The molecule has 0 aliphatic rings. The molecular formula is C27H26O4. The van der Waals surface area contributed by atoms with E-state index in [-0.39, 0.29) is 5.78 Å². The number of methoxy groups -OCH3 is 3. The molecular weight excluding hydrogens is 388 g/mol.